The second-order valence-corrected chi connectivity index (χ2v) is 9.40. The third kappa shape index (κ3) is 9.88. The van der Waals surface area contributed by atoms with E-state index in [-0.39, 0.29) is 25.4 Å². The van der Waals surface area contributed by atoms with Gasteiger partial charge in [-0.25, -0.2) is 9.59 Å². The standard InChI is InChI=1S/C32H44O6/c1-6-11-13-17-25(37-30(33)9-4)22-35-29-21-24(8-3)32(28-20-16-15-19-27(28)29)36-23-26(18-14-12-7-2)38-31(34)10-5/h9-10,15-16,19-21,25-26H,4-8,11-14,17-18,22-23H2,1-3H3. The Morgan fingerprint density at radius 3 is 1.82 bits per heavy atom. The van der Waals surface area contributed by atoms with Gasteiger partial charge in [-0.3, -0.25) is 0 Å². The number of hydrogen-bond acceptors (Lipinski definition) is 6. The zero-order chi connectivity index (χ0) is 27.8. The van der Waals surface area contributed by atoms with Crippen LogP contribution >= 0.6 is 0 Å². The SMILES string of the molecule is C=CC(=O)OC(CCCCC)COc1cc(CC)c(OCC(CCCCC)OC(=O)C=C)c2ccccc12. The highest BCUT2D eigenvalue weighted by molar-refractivity contribution is 5.94. The van der Waals surface area contributed by atoms with Gasteiger partial charge in [0, 0.05) is 22.9 Å². The minimum atomic E-state index is -0.441. The molecule has 0 N–H and O–H groups in total. The highest BCUT2D eigenvalue weighted by Crippen LogP contribution is 2.37. The summed E-state index contributed by atoms with van der Waals surface area (Å²) >= 11 is 0. The van der Waals surface area contributed by atoms with Crippen LogP contribution in [0.4, 0.5) is 0 Å². The van der Waals surface area contributed by atoms with Crippen molar-refractivity contribution in [2.75, 3.05) is 13.2 Å². The molecule has 0 radical (unpaired) electrons. The Kier molecular flexibility index (Phi) is 14.1. The van der Waals surface area contributed by atoms with Gasteiger partial charge in [-0.15, -0.1) is 0 Å². The molecule has 0 heterocycles. The molecule has 2 atom stereocenters. The van der Waals surface area contributed by atoms with Crippen molar-refractivity contribution in [3.8, 4) is 11.5 Å². The summed E-state index contributed by atoms with van der Waals surface area (Å²) in [6.07, 6.45) is 10.1. The summed E-state index contributed by atoms with van der Waals surface area (Å²) in [4.78, 5) is 23.8. The van der Waals surface area contributed by atoms with Crippen molar-refractivity contribution in [2.24, 2.45) is 0 Å². The van der Waals surface area contributed by atoms with Crippen molar-refractivity contribution in [1.29, 1.82) is 0 Å². The molecule has 0 fully saturated rings. The lowest BCUT2D eigenvalue weighted by atomic mass is 10.0. The third-order valence-corrected chi connectivity index (χ3v) is 6.41. The molecule has 0 bridgehead atoms. The predicted octanol–water partition coefficient (Wildman–Crippen LogP) is 7.52. The van der Waals surface area contributed by atoms with Crippen LogP contribution in [0.3, 0.4) is 0 Å². The number of fused-ring (bicyclic) bond motifs is 1. The number of carbonyl (C=O) groups excluding carboxylic acids is 2. The first-order chi connectivity index (χ1) is 18.5. The molecular formula is C32H44O6. The summed E-state index contributed by atoms with van der Waals surface area (Å²) in [5, 5.41) is 1.84. The van der Waals surface area contributed by atoms with Crippen LogP contribution in [0.5, 0.6) is 11.5 Å². The van der Waals surface area contributed by atoms with E-state index < -0.39 is 11.9 Å². The maximum absolute atomic E-state index is 11.9. The second-order valence-electron chi connectivity index (χ2n) is 9.40. The van der Waals surface area contributed by atoms with E-state index in [0.717, 1.165) is 85.6 Å². The number of unbranched alkanes of at least 4 members (excludes halogenated alkanes) is 4. The number of benzene rings is 2. The highest BCUT2D eigenvalue weighted by Gasteiger charge is 2.19. The van der Waals surface area contributed by atoms with Gasteiger partial charge in [-0.2, -0.15) is 0 Å². The third-order valence-electron chi connectivity index (χ3n) is 6.41. The average Bonchev–Trinajstić information content (AvgIpc) is 2.94. The first-order valence-corrected chi connectivity index (χ1v) is 13.9. The molecule has 0 amide bonds. The molecule has 208 valence electrons. The summed E-state index contributed by atoms with van der Waals surface area (Å²) in [6.45, 7) is 13.9. The largest absolute Gasteiger partial charge is 0.489 e. The zero-order valence-electron chi connectivity index (χ0n) is 23.3. The van der Waals surface area contributed by atoms with Gasteiger partial charge in [-0.05, 0) is 43.7 Å². The van der Waals surface area contributed by atoms with Crippen LogP contribution < -0.4 is 9.47 Å². The Balaban J connectivity index is 2.27. The van der Waals surface area contributed by atoms with Crippen molar-refractivity contribution < 1.29 is 28.5 Å². The monoisotopic (exact) mass is 524 g/mol. The van der Waals surface area contributed by atoms with Crippen molar-refractivity contribution in [1.82, 2.24) is 0 Å². The molecule has 2 aromatic carbocycles. The maximum atomic E-state index is 11.9. The lowest BCUT2D eigenvalue weighted by Gasteiger charge is -2.22. The van der Waals surface area contributed by atoms with Gasteiger partial charge < -0.3 is 18.9 Å². The van der Waals surface area contributed by atoms with Crippen LogP contribution in [-0.4, -0.2) is 37.4 Å². The first-order valence-electron chi connectivity index (χ1n) is 13.9. The first kappa shape index (κ1) is 30.9. The van der Waals surface area contributed by atoms with Crippen molar-refractivity contribution >= 4 is 22.7 Å². The minimum absolute atomic E-state index is 0.258. The Morgan fingerprint density at radius 1 is 0.789 bits per heavy atom. The lowest BCUT2D eigenvalue weighted by Crippen LogP contribution is -2.25. The van der Waals surface area contributed by atoms with E-state index in [2.05, 4.69) is 33.9 Å². The molecule has 2 rings (SSSR count). The van der Waals surface area contributed by atoms with Gasteiger partial charge in [0.2, 0.25) is 0 Å². The number of esters is 2. The Morgan fingerprint density at radius 2 is 1.32 bits per heavy atom. The fourth-order valence-electron chi connectivity index (χ4n) is 4.30. The Bertz CT molecular complexity index is 1040. The molecule has 0 aliphatic rings. The number of hydrogen-bond donors (Lipinski definition) is 0. The van der Waals surface area contributed by atoms with Gasteiger partial charge >= 0.3 is 11.9 Å². The topological polar surface area (TPSA) is 71.1 Å². The summed E-state index contributed by atoms with van der Waals surface area (Å²) < 4.78 is 23.7. The molecule has 0 aromatic heterocycles. The predicted molar refractivity (Wildman–Crippen MR) is 153 cm³/mol. The van der Waals surface area contributed by atoms with Crippen molar-refractivity contribution in [3.05, 3.63) is 61.2 Å². The molecule has 38 heavy (non-hydrogen) atoms. The molecule has 6 heteroatoms. The molecule has 0 aliphatic heterocycles. The molecule has 0 saturated carbocycles. The van der Waals surface area contributed by atoms with Gasteiger partial charge in [0.1, 0.15) is 36.9 Å². The van der Waals surface area contributed by atoms with Crippen LogP contribution in [0, 0.1) is 0 Å². The molecule has 2 aromatic rings. The second kappa shape index (κ2) is 17.3. The molecule has 0 spiro atoms. The van der Waals surface area contributed by atoms with Gasteiger partial charge in [-0.1, -0.05) is 83.9 Å². The molecule has 0 saturated heterocycles. The van der Waals surface area contributed by atoms with Crippen molar-refractivity contribution in [2.45, 2.75) is 90.8 Å². The molecule has 6 nitrogen and oxygen atoms in total. The quantitative estimate of drug-likeness (QED) is 0.108. The van der Waals surface area contributed by atoms with E-state index in [0.29, 0.717) is 0 Å². The smallest absolute Gasteiger partial charge is 0.330 e. The summed E-state index contributed by atoms with van der Waals surface area (Å²) in [5.74, 6) is 0.606. The van der Waals surface area contributed by atoms with Crippen molar-refractivity contribution in [3.63, 3.8) is 0 Å². The van der Waals surface area contributed by atoms with Crippen LogP contribution in [0.2, 0.25) is 0 Å². The van der Waals surface area contributed by atoms with Crippen LogP contribution in [0.15, 0.2) is 55.6 Å². The average molecular weight is 525 g/mol. The van der Waals surface area contributed by atoms with Gasteiger partial charge in [0.05, 0.1) is 0 Å². The van der Waals surface area contributed by atoms with Gasteiger partial charge in [0.25, 0.3) is 0 Å². The minimum Gasteiger partial charge on any atom is -0.489 e. The summed E-state index contributed by atoms with van der Waals surface area (Å²) in [5.41, 5.74) is 0.992. The summed E-state index contributed by atoms with van der Waals surface area (Å²) in [7, 11) is 0. The normalized spacial score (nSPS) is 12.4. The number of aryl methyl sites for hydroxylation is 1. The van der Waals surface area contributed by atoms with Crippen LogP contribution in [0.25, 0.3) is 10.8 Å². The van der Waals surface area contributed by atoms with E-state index in [9.17, 15) is 9.59 Å². The number of rotatable bonds is 19. The fourth-order valence-corrected chi connectivity index (χ4v) is 4.30. The molecule has 2 unspecified atom stereocenters. The van der Waals surface area contributed by atoms with E-state index in [1.54, 1.807) is 0 Å². The Labute approximate surface area is 228 Å². The number of ether oxygens (including phenoxy) is 4. The van der Waals surface area contributed by atoms with Gasteiger partial charge in [0.15, 0.2) is 0 Å². The van der Waals surface area contributed by atoms with E-state index in [4.69, 9.17) is 18.9 Å². The molecule has 0 aliphatic carbocycles. The fraction of sp³-hybridized carbons (Fsp3) is 0.500. The van der Waals surface area contributed by atoms with E-state index >= 15 is 0 Å². The number of carbonyl (C=O) groups is 2. The Hall–Kier alpha value is -3.28. The molecular weight excluding hydrogens is 480 g/mol. The van der Waals surface area contributed by atoms with E-state index in [1.807, 2.05) is 30.3 Å². The maximum Gasteiger partial charge on any atom is 0.330 e. The lowest BCUT2D eigenvalue weighted by molar-refractivity contribution is -0.145. The van der Waals surface area contributed by atoms with E-state index in [1.165, 1.54) is 12.2 Å². The summed E-state index contributed by atoms with van der Waals surface area (Å²) in [6, 6.07) is 9.93. The van der Waals surface area contributed by atoms with Crippen LogP contribution in [0.1, 0.15) is 77.7 Å². The van der Waals surface area contributed by atoms with Crippen LogP contribution in [-0.2, 0) is 25.5 Å². The highest BCUT2D eigenvalue weighted by atomic mass is 16.6. The zero-order valence-corrected chi connectivity index (χ0v) is 23.3.